The fourth-order valence-corrected chi connectivity index (χ4v) is 1.78. The van der Waals surface area contributed by atoms with Crippen molar-refractivity contribution in [2.24, 2.45) is 0 Å². The third-order valence-corrected chi connectivity index (χ3v) is 2.61. The molecular formula is C10H6BrF2NO2. The van der Waals surface area contributed by atoms with Gasteiger partial charge in [-0.2, -0.15) is 5.26 Å². The highest BCUT2D eigenvalue weighted by atomic mass is 79.9. The average molecular weight is 290 g/mol. The fourth-order valence-electron chi connectivity index (χ4n) is 1.21. The molecule has 0 amide bonds. The Balaban J connectivity index is 3.27. The summed E-state index contributed by atoms with van der Waals surface area (Å²) in [5, 5.41) is 17.3. The minimum absolute atomic E-state index is 0.0408. The zero-order valence-corrected chi connectivity index (χ0v) is 9.46. The van der Waals surface area contributed by atoms with Gasteiger partial charge in [-0.05, 0) is 17.7 Å². The summed E-state index contributed by atoms with van der Waals surface area (Å²) >= 11 is 2.92. The molecule has 1 rings (SSSR count). The molecule has 0 aliphatic carbocycles. The van der Waals surface area contributed by atoms with Crippen LogP contribution in [0, 0.1) is 11.3 Å². The molecule has 0 bridgehead atoms. The van der Waals surface area contributed by atoms with Gasteiger partial charge in [0.05, 0.1) is 18.1 Å². The van der Waals surface area contributed by atoms with Crippen molar-refractivity contribution in [3.63, 3.8) is 0 Å². The van der Waals surface area contributed by atoms with Gasteiger partial charge in [0.1, 0.15) is 0 Å². The van der Waals surface area contributed by atoms with Crippen LogP contribution in [0.5, 0.6) is 0 Å². The van der Waals surface area contributed by atoms with Gasteiger partial charge in [0.15, 0.2) is 0 Å². The van der Waals surface area contributed by atoms with Crippen LogP contribution in [0.2, 0.25) is 0 Å². The Kier molecular flexibility index (Phi) is 3.96. The fraction of sp³-hybridized carbons (Fsp3) is 0.200. The van der Waals surface area contributed by atoms with E-state index in [0.29, 0.717) is 0 Å². The van der Waals surface area contributed by atoms with E-state index < -0.39 is 12.4 Å². The molecule has 0 radical (unpaired) electrons. The number of hydrogen-bond donors (Lipinski definition) is 1. The normalized spacial score (nSPS) is 10.2. The maximum Gasteiger partial charge on any atom is 0.307 e. The van der Waals surface area contributed by atoms with Crippen LogP contribution in [0.15, 0.2) is 16.6 Å². The van der Waals surface area contributed by atoms with Crippen LogP contribution in [0.25, 0.3) is 0 Å². The molecule has 1 aromatic rings. The smallest absolute Gasteiger partial charge is 0.307 e. The molecule has 0 heterocycles. The van der Waals surface area contributed by atoms with Crippen LogP contribution >= 0.6 is 15.9 Å². The maximum absolute atomic E-state index is 12.5. The molecule has 6 heteroatoms. The molecule has 16 heavy (non-hydrogen) atoms. The first kappa shape index (κ1) is 12.6. The zero-order chi connectivity index (χ0) is 12.3. The lowest BCUT2D eigenvalue weighted by molar-refractivity contribution is -0.136. The summed E-state index contributed by atoms with van der Waals surface area (Å²) in [6, 6.07) is 3.96. The van der Waals surface area contributed by atoms with Crippen LogP contribution in [0.4, 0.5) is 8.78 Å². The molecule has 0 spiro atoms. The average Bonchev–Trinajstić information content (AvgIpc) is 2.16. The van der Waals surface area contributed by atoms with E-state index in [0.717, 1.165) is 6.07 Å². The van der Waals surface area contributed by atoms with E-state index in [-0.39, 0.29) is 27.6 Å². The first-order valence-electron chi connectivity index (χ1n) is 4.18. The summed E-state index contributed by atoms with van der Waals surface area (Å²) in [7, 11) is 0. The molecule has 3 nitrogen and oxygen atoms in total. The maximum atomic E-state index is 12.5. The predicted octanol–water partition coefficient (Wildman–Crippen LogP) is 2.89. The summed E-state index contributed by atoms with van der Waals surface area (Å²) in [6.45, 7) is 0. The first-order valence-corrected chi connectivity index (χ1v) is 4.97. The molecule has 0 aliphatic heterocycles. The Morgan fingerprint density at radius 3 is 2.62 bits per heavy atom. The van der Waals surface area contributed by atoms with Gasteiger partial charge in [0.2, 0.25) is 0 Å². The molecule has 0 unspecified atom stereocenters. The van der Waals surface area contributed by atoms with E-state index in [1.165, 1.54) is 6.07 Å². The second-order valence-corrected chi connectivity index (χ2v) is 3.87. The Hall–Kier alpha value is -1.48. The van der Waals surface area contributed by atoms with Crippen LogP contribution < -0.4 is 0 Å². The SMILES string of the molecule is N#Cc1cc(C(F)F)c(Br)cc1CC(=O)O. The highest BCUT2D eigenvalue weighted by Gasteiger charge is 2.16. The minimum atomic E-state index is -2.71. The molecule has 0 fully saturated rings. The highest BCUT2D eigenvalue weighted by molar-refractivity contribution is 9.10. The number of aliphatic carboxylic acids is 1. The number of carboxylic acid groups (broad SMARTS) is 1. The highest BCUT2D eigenvalue weighted by Crippen LogP contribution is 2.30. The molecule has 0 atom stereocenters. The standard InChI is InChI=1S/C10H6BrF2NO2/c11-8-2-5(3-9(15)16)6(4-14)1-7(8)10(12)13/h1-2,10H,3H2,(H,15,16). The Morgan fingerprint density at radius 2 is 2.19 bits per heavy atom. The van der Waals surface area contributed by atoms with E-state index in [4.69, 9.17) is 10.4 Å². The monoisotopic (exact) mass is 289 g/mol. The van der Waals surface area contributed by atoms with Gasteiger partial charge in [-0.25, -0.2) is 8.78 Å². The molecule has 1 N–H and O–H groups in total. The molecule has 0 aliphatic rings. The van der Waals surface area contributed by atoms with Crippen molar-refractivity contribution in [3.05, 3.63) is 33.3 Å². The van der Waals surface area contributed by atoms with Crippen LogP contribution in [-0.4, -0.2) is 11.1 Å². The van der Waals surface area contributed by atoms with Crippen molar-refractivity contribution in [1.82, 2.24) is 0 Å². The second kappa shape index (κ2) is 5.03. The number of carbonyl (C=O) groups is 1. The Morgan fingerprint density at radius 1 is 1.56 bits per heavy atom. The summed E-state index contributed by atoms with van der Waals surface area (Å²) in [4.78, 5) is 10.5. The zero-order valence-electron chi connectivity index (χ0n) is 7.88. The third kappa shape index (κ3) is 2.76. The molecular weight excluding hydrogens is 284 g/mol. The van der Waals surface area contributed by atoms with Crippen molar-refractivity contribution in [3.8, 4) is 6.07 Å². The topological polar surface area (TPSA) is 61.1 Å². The van der Waals surface area contributed by atoms with Crippen LogP contribution in [-0.2, 0) is 11.2 Å². The van der Waals surface area contributed by atoms with Crippen molar-refractivity contribution in [2.45, 2.75) is 12.8 Å². The van der Waals surface area contributed by atoms with Crippen molar-refractivity contribution in [1.29, 1.82) is 5.26 Å². The van der Waals surface area contributed by atoms with Crippen molar-refractivity contribution >= 4 is 21.9 Å². The quantitative estimate of drug-likeness (QED) is 0.931. The molecule has 0 aromatic heterocycles. The second-order valence-electron chi connectivity index (χ2n) is 3.01. The third-order valence-electron chi connectivity index (χ3n) is 1.92. The van der Waals surface area contributed by atoms with E-state index in [2.05, 4.69) is 15.9 Å². The predicted molar refractivity (Wildman–Crippen MR) is 55.2 cm³/mol. The molecule has 0 saturated heterocycles. The van der Waals surface area contributed by atoms with E-state index in [9.17, 15) is 13.6 Å². The first-order chi connectivity index (χ1) is 7.45. The van der Waals surface area contributed by atoms with Gasteiger partial charge in [-0.3, -0.25) is 4.79 Å². The molecule has 84 valence electrons. The summed E-state index contributed by atoms with van der Waals surface area (Å²) in [6.07, 6.45) is -3.08. The number of nitriles is 1. The van der Waals surface area contributed by atoms with E-state index >= 15 is 0 Å². The van der Waals surface area contributed by atoms with E-state index in [1.54, 1.807) is 6.07 Å². The van der Waals surface area contributed by atoms with E-state index in [1.807, 2.05) is 0 Å². The van der Waals surface area contributed by atoms with Gasteiger partial charge in [-0.15, -0.1) is 0 Å². The van der Waals surface area contributed by atoms with Gasteiger partial charge < -0.3 is 5.11 Å². The van der Waals surface area contributed by atoms with Gasteiger partial charge in [-0.1, -0.05) is 15.9 Å². The summed E-state index contributed by atoms with van der Waals surface area (Å²) in [5.74, 6) is -1.12. The summed E-state index contributed by atoms with van der Waals surface area (Å²) < 4.78 is 25.1. The van der Waals surface area contributed by atoms with Gasteiger partial charge >= 0.3 is 5.97 Å². The van der Waals surface area contributed by atoms with Crippen LogP contribution in [0.1, 0.15) is 23.1 Å². The van der Waals surface area contributed by atoms with Crippen molar-refractivity contribution < 1.29 is 18.7 Å². The number of nitrogens with zero attached hydrogens (tertiary/aromatic N) is 1. The van der Waals surface area contributed by atoms with Crippen molar-refractivity contribution in [2.75, 3.05) is 0 Å². The minimum Gasteiger partial charge on any atom is -0.481 e. The molecule has 0 saturated carbocycles. The number of alkyl halides is 2. The molecule has 1 aromatic carbocycles. The number of halogens is 3. The number of carboxylic acids is 1. The Labute approximate surface area is 98.4 Å². The lowest BCUT2D eigenvalue weighted by atomic mass is 10.0. The number of hydrogen-bond acceptors (Lipinski definition) is 2. The van der Waals surface area contributed by atoms with Gasteiger partial charge in [0.25, 0.3) is 6.43 Å². The lowest BCUT2D eigenvalue weighted by Crippen LogP contribution is -2.03. The van der Waals surface area contributed by atoms with Crippen LogP contribution in [0.3, 0.4) is 0 Å². The number of benzene rings is 1. The van der Waals surface area contributed by atoms with Gasteiger partial charge in [0, 0.05) is 10.0 Å². The summed E-state index contributed by atoms with van der Waals surface area (Å²) in [5.41, 5.74) is -0.141. The lowest BCUT2D eigenvalue weighted by Gasteiger charge is -2.07. The Bertz CT molecular complexity index is 469. The largest absolute Gasteiger partial charge is 0.481 e. The number of rotatable bonds is 3.